The number of aliphatic hydroxyl groups excluding tert-OH is 2. The van der Waals surface area contributed by atoms with Crippen molar-refractivity contribution in [2.75, 3.05) is 12.5 Å². The first kappa shape index (κ1) is 16.7. The van der Waals surface area contributed by atoms with Crippen LogP contribution in [-0.2, 0) is 19.0 Å². The van der Waals surface area contributed by atoms with E-state index in [1.54, 1.807) is 30.3 Å². The fourth-order valence-corrected chi connectivity index (χ4v) is 2.04. The summed E-state index contributed by atoms with van der Waals surface area (Å²) in [5.74, 6) is -1.90. The molecule has 2 N–H and O–H groups in total. The Morgan fingerprint density at radius 2 is 1.91 bits per heavy atom. The van der Waals surface area contributed by atoms with Crippen LogP contribution in [-0.4, -0.2) is 59.2 Å². The van der Waals surface area contributed by atoms with Crippen molar-refractivity contribution in [2.24, 2.45) is 0 Å². The van der Waals surface area contributed by atoms with Gasteiger partial charge in [0.25, 0.3) is 0 Å². The molecular formula is C14H15ClO7. The van der Waals surface area contributed by atoms with Crippen LogP contribution in [0.5, 0.6) is 0 Å². The van der Waals surface area contributed by atoms with E-state index in [4.69, 9.17) is 25.8 Å². The van der Waals surface area contributed by atoms with Gasteiger partial charge in [0, 0.05) is 0 Å². The van der Waals surface area contributed by atoms with E-state index in [0.29, 0.717) is 5.56 Å². The quantitative estimate of drug-likeness (QED) is 0.595. The van der Waals surface area contributed by atoms with Crippen LogP contribution >= 0.6 is 11.6 Å². The van der Waals surface area contributed by atoms with Gasteiger partial charge in [-0.2, -0.15) is 0 Å². The second-order valence-electron chi connectivity index (χ2n) is 4.61. The number of aliphatic hydroxyl groups is 2. The van der Waals surface area contributed by atoms with E-state index in [0.717, 1.165) is 0 Å². The SMILES string of the molecule is O=C(CCl)O[C@@H]1[C@@H](O)[C@H](O)OC[C@H]1OC(=O)c1ccccc1. The molecule has 1 aromatic rings. The topological polar surface area (TPSA) is 102 Å². The molecule has 22 heavy (non-hydrogen) atoms. The largest absolute Gasteiger partial charge is 0.454 e. The van der Waals surface area contributed by atoms with Crippen molar-refractivity contribution < 1.29 is 34.0 Å². The molecule has 8 heteroatoms. The molecule has 1 aliphatic rings. The molecule has 0 bridgehead atoms. The molecule has 1 aromatic carbocycles. The van der Waals surface area contributed by atoms with Gasteiger partial charge in [0.2, 0.25) is 0 Å². The van der Waals surface area contributed by atoms with Gasteiger partial charge in [-0.05, 0) is 12.1 Å². The molecule has 1 fully saturated rings. The van der Waals surface area contributed by atoms with Crippen molar-refractivity contribution in [2.45, 2.75) is 24.6 Å². The van der Waals surface area contributed by atoms with Crippen LogP contribution in [0.25, 0.3) is 0 Å². The highest BCUT2D eigenvalue weighted by Gasteiger charge is 2.43. The Morgan fingerprint density at radius 3 is 2.55 bits per heavy atom. The zero-order valence-electron chi connectivity index (χ0n) is 11.4. The fraction of sp³-hybridized carbons (Fsp3) is 0.429. The molecular weight excluding hydrogens is 316 g/mol. The highest BCUT2D eigenvalue weighted by Crippen LogP contribution is 2.21. The molecule has 4 atom stereocenters. The minimum atomic E-state index is -1.55. The summed E-state index contributed by atoms with van der Waals surface area (Å²) in [6.07, 6.45) is -5.41. The lowest BCUT2D eigenvalue weighted by Gasteiger charge is -2.36. The zero-order valence-corrected chi connectivity index (χ0v) is 12.2. The lowest BCUT2D eigenvalue weighted by atomic mass is 10.0. The van der Waals surface area contributed by atoms with Crippen LogP contribution in [0.3, 0.4) is 0 Å². The van der Waals surface area contributed by atoms with Crippen molar-refractivity contribution >= 4 is 23.5 Å². The molecule has 120 valence electrons. The predicted molar refractivity (Wildman–Crippen MR) is 74.2 cm³/mol. The summed E-state index contributed by atoms with van der Waals surface area (Å²) < 4.78 is 15.0. The van der Waals surface area contributed by atoms with E-state index in [-0.39, 0.29) is 6.61 Å². The third-order valence-electron chi connectivity index (χ3n) is 3.07. The first-order valence-corrected chi connectivity index (χ1v) is 7.05. The van der Waals surface area contributed by atoms with Gasteiger partial charge >= 0.3 is 11.9 Å². The van der Waals surface area contributed by atoms with Gasteiger partial charge in [0.05, 0.1) is 12.2 Å². The van der Waals surface area contributed by atoms with Crippen LogP contribution < -0.4 is 0 Å². The summed E-state index contributed by atoms with van der Waals surface area (Å²) in [5.41, 5.74) is 0.297. The monoisotopic (exact) mass is 330 g/mol. The van der Waals surface area contributed by atoms with Crippen LogP contribution in [0.1, 0.15) is 10.4 Å². The minimum absolute atomic E-state index is 0.225. The lowest BCUT2D eigenvalue weighted by Crippen LogP contribution is -2.56. The van der Waals surface area contributed by atoms with Crippen LogP contribution in [0.2, 0.25) is 0 Å². The van der Waals surface area contributed by atoms with Gasteiger partial charge in [0.15, 0.2) is 18.5 Å². The number of ether oxygens (including phenoxy) is 3. The third-order valence-corrected chi connectivity index (χ3v) is 3.29. The number of benzene rings is 1. The second kappa shape index (κ2) is 7.55. The Morgan fingerprint density at radius 1 is 1.23 bits per heavy atom. The van der Waals surface area contributed by atoms with Gasteiger partial charge in [-0.25, -0.2) is 4.79 Å². The predicted octanol–water partition coefficient (Wildman–Crippen LogP) is 0.0721. The first-order valence-electron chi connectivity index (χ1n) is 6.52. The standard InChI is InChI=1S/C14H15ClO7/c15-6-10(16)22-12-9(7-20-14(19)11(12)17)21-13(18)8-4-2-1-3-5-8/h1-5,9,11-12,14,17,19H,6-7H2/t9-,11-,12+,14-/m1/s1. The van der Waals surface area contributed by atoms with E-state index >= 15 is 0 Å². The summed E-state index contributed by atoms with van der Waals surface area (Å²) in [5, 5.41) is 19.3. The van der Waals surface area contributed by atoms with Crippen molar-refractivity contribution in [3.63, 3.8) is 0 Å². The molecule has 0 aromatic heterocycles. The maximum Gasteiger partial charge on any atom is 0.338 e. The van der Waals surface area contributed by atoms with E-state index in [1.807, 2.05) is 0 Å². The highest BCUT2D eigenvalue weighted by atomic mass is 35.5. The van der Waals surface area contributed by atoms with Crippen molar-refractivity contribution in [1.29, 1.82) is 0 Å². The smallest absolute Gasteiger partial charge is 0.338 e. The van der Waals surface area contributed by atoms with E-state index in [9.17, 15) is 19.8 Å². The molecule has 7 nitrogen and oxygen atoms in total. The number of carbonyl (C=O) groups excluding carboxylic acids is 2. The van der Waals surface area contributed by atoms with E-state index < -0.39 is 42.4 Å². The van der Waals surface area contributed by atoms with Gasteiger partial charge in [0.1, 0.15) is 12.0 Å². The molecule has 0 amide bonds. The van der Waals surface area contributed by atoms with Gasteiger partial charge in [-0.3, -0.25) is 4.79 Å². The Bertz CT molecular complexity index is 521. The molecule has 0 saturated carbocycles. The maximum atomic E-state index is 12.0. The number of carbonyl (C=O) groups is 2. The Labute approximate surface area is 131 Å². The highest BCUT2D eigenvalue weighted by molar-refractivity contribution is 6.26. The van der Waals surface area contributed by atoms with Gasteiger partial charge < -0.3 is 24.4 Å². The average molecular weight is 331 g/mol. The number of halogens is 1. The first-order chi connectivity index (χ1) is 10.5. The number of hydrogen-bond acceptors (Lipinski definition) is 7. The zero-order chi connectivity index (χ0) is 16.1. The molecule has 0 unspecified atom stereocenters. The molecule has 2 rings (SSSR count). The molecule has 0 aliphatic carbocycles. The van der Waals surface area contributed by atoms with Crippen molar-refractivity contribution in [3.8, 4) is 0 Å². The van der Waals surface area contributed by atoms with Gasteiger partial charge in [-0.15, -0.1) is 11.6 Å². The van der Waals surface area contributed by atoms with Crippen molar-refractivity contribution in [3.05, 3.63) is 35.9 Å². The Kier molecular flexibility index (Phi) is 5.73. The van der Waals surface area contributed by atoms with Crippen LogP contribution in [0, 0.1) is 0 Å². The Balaban J connectivity index is 2.09. The number of rotatable bonds is 4. The van der Waals surface area contributed by atoms with Gasteiger partial charge in [-0.1, -0.05) is 18.2 Å². The molecule has 0 spiro atoms. The fourth-order valence-electron chi connectivity index (χ4n) is 1.98. The lowest BCUT2D eigenvalue weighted by molar-refractivity contribution is -0.257. The van der Waals surface area contributed by atoms with Crippen molar-refractivity contribution in [1.82, 2.24) is 0 Å². The normalized spacial score (nSPS) is 28.0. The van der Waals surface area contributed by atoms with Crippen LogP contribution in [0.4, 0.5) is 0 Å². The second-order valence-corrected chi connectivity index (χ2v) is 4.88. The summed E-state index contributed by atoms with van der Waals surface area (Å²) in [6.45, 7) is -0.225. The molecule has 0 radical (unpaired) electrons. The molecule has 1 saturated heterocycles. The van der Waals surface area contributed by atoms with E-state index in [1.165, 1.54) is 0 Å². The van der Waals surface area contributed by atoms with Crippen LogP contribution in [0.15, 0.2) is 30.3 Å². The number of hydrogen-bond donors (Lipinski definition) is 2. The molecule has 1 heterocycles. The average Bonchev–Trinajstić information content (AvgIpc) is 2.54. The summed E-state index contributed by atoms with van der Waals surface area (Å²) in [6, 6.07) is 8.18. The summed E-state index contributed by atoms with van der Waals surface area (Å²) in [7, 11) is 0. The van der Waals surface area contributed by atoms with E-state index in [2.05, 4.69) is 0 Å². The number of esters is 2. The maximum absolute atomic E-state index is 12.0. The third kappa shape index (κ3) is 3.95. The summed E-state index contributed by atoms with van der Waals surface area (Å²) in [4.78, 5) is 23.3. The minimum Gasteiger partial charge on any atom is -0.454 e. The Hall–Kier alpha value is -1.67. The molecule has 1 aliphatic heterocycles. The summed E-state index contributed by atoms with van der Waals surface area (Å²) >= 11 is 5.35. The number of alkyl halides is 1.